The van der Waals surface area contributed by atoms with Gasteiger partial charge in [-0.3, -0.25) is 10.1 Å². The van der Waals surface area contributed by atoms with Gasteiger partial charge in [-0.05, 0) is 6.42 Å². The zero-order valence-corrected chi connectivity index (χ0v) is 11.8. The van der Waals surface area contributed by atoms with E-state index in [1.54, 1.807) is 13.8 Å². The van der Waals surface area contributed by atoms with Crippen LogP contribution in [0, 0.1) is 5.41 Å². The van der Waals surface area contributed by atoms with Crippen LogP contribution in [0.2, 0.25) is 0 Å². The van der Waals surface area contributed by atoms with Crippen LogP contribution in [0.3, 0.4) is 0 Å². The minimum atomic E-state index is -1.11. The molecule has 1 aliphatic rings. The molecule has 0 amide bonds. The Morgan fingerprint density at radius 2 is 2.05 bits per heavy atom. The topological polar surface area (TPSA) is 102 Å². The fraction of sp³-hybridized carbons (Fsp3) is 0.923. The van der Waals surface area contributed by atoms with E-state index in [4.69, 9.17) is 9.84 Å². The molecule has 0 spiro atoms. The maximum absolute atomic E-state index is 10.8. The van der Waals surface area contributed by atoms with Gasteiger partial charge < -0.3 is 20.1 Å². The van der Waals surface area contributed by atoms with E-state index in [1.165, 1.54) is 0 Å². The number of hydrogen-bond acceptors (Lipinski definition) is 5. The van der Waals surface area contributed by atoms with Crippen molar-refractivity contribution in [3.05, 3.63) is 0 Å². The number of aliphatic carboxylic acids is 1. The Kier molecular flexibility index (Phi) is 5.32. The molecule has 0 bridgehead atoms. The van der Waals surface area contributed by atoms with Gasteiger partial charge in [0.2, 0.25) is 0 Å². The van der Waals surface area contributed by atoms with E-state index in [-0.39, 0.29) is 19.3 Å². The third kappa shape index (κ3) is 3.66. The number of ether oxygens (including phenoxy) is 1. The lowest BCUT2D eigenvalue weighted by Crippen LogP contribution is -2.53. The van der Waals surface area contributed by atoms with Crippen molar-refractivity contribution in [3.8, 4) is 0 Å². The first-order valence-electron chi connectivity index (χ1n) is 6.72. The first-order valence-corrected chi connectivity index (χ1v) is 6.72. The molecule has 1 heterocycles. The standard InChI is InChI=1S/C13H25NO5/c1-4-6-13(18,12(2,3)8-15)10-11(19-10)14-7-5-9(16)17/h10-11,14-15,18H,4-8H2,1-3H3,(H,16,17)/t10?,11?,13-/m0/s1. The second-order valence-corrected chi connectivity index (χ2v) is 5.79. The molecule has 4 N–H and O–H groups in total. The normalized spacial score (nSPS) is 25.9. The van der Waals surface area contributed by atoms with Gasteiger partial charge in [0.25, 0.3) is 0 Å². The number of carboxylic acids is 1. The average molecular weight is 275 g/mol. The summed E-state index contributed by atoms with van der Waals surface area (Å²) in [6.07, 6.45) is 0.594. The highest BCUT2D eigenvalue weighted by molar-refractivity contribution is 5.66. The van der Waals surface area contributed by atoms with Crippen molar-refractivity contribution in [2.24, 2.45) is 5.41 Å². The van der Waals surface area contributed by atoms with Gasteiger partial charge in [-0.2, -0.15) is 0 Å². The number of aliphatic hydroxyl groups is 2. The third-order valence-electron chi connectivity index (χ3n) is 3.85. The van der Waals surface area contributed by atoms with Gasteiger partial charge in [-0.25, -0.2) is 0 Å². The predicted molar refractivity (Wildman–Crippen MR) is 69.6 cm³/mol. The molecule has 2 unspecified atom stereocenters. The molecule has 0 aromatic carbocycles. The van der Waals surface area contributed by atoms with Crippen molar-refractivity contribution in [1.82, 2.24) is 5.32 Å². The lowest BCUT2D eigenvalue weighted by Gasteiger charge is -2.40. The SMILES string of the molecule is CCC[C@](O)(C1OC1NCCC(=O)O)C(C)(C)CO. The van der Waals surface area contributed by atoms with Crippen LogP contribution in [-0.2, 0) is 9.53 Å². The van der Waals surface area contributed by atoms with E-state index in [0.717, 1.165) is 6.42 Å². The van der Waals surface area contributed by atoms with Crippen LogP contribution in [0.5, 0.6) is 0 Å². The fourth-order valence-corrected chi connectivity index (χ4v) is 2.34. The molecule has 3 atom stereocenters. The van der Waals surface area contributed by atoms with E-state index >= 15 is 0 Å². The summed E-state index contributed by atoms with van der Waals surface area (Å²) in [4.78, 5) is 10.4. The minimum absolute atomic E-state index is 0.0161. The zero-order valence-electron chi connectivity index (χ0n) is 11.8. The zero-order chi connectivity index (χ0) is 14.7. The van der Waals surface area contributed by atoms with Gasteiger partial charge in [0.15, 0.2) is 0 Å². The van der Waals surface area contributed by atoms with Gasteiger partial charge in [0.05, 0.1) is 13.0 Å². The highest BCUT2D eigenvalue weighted by atomic mass is 16.6. The van der Waals surface area contributed by atoms with E-state index in [9.17, 15) is 15.0 Å². The summed E-state index contributed by atoms with van der Waals surface area (Å²) in [6.45, 7) is 5.74. The van der Waals surface area contributed by atoms with Gasteiger partial charge in [-0.1, -0.05) is 27.2 Å². The van der Waals surface area contributed by atoms with Crippen molar-refractivity contribution >= 4 is 5.97 Å². The minimum Gasteiger partial charge on any atom is -0.481 e. The molecule has 1 rings (SSSR count). The second-order valence-electron chi connectivity index (χ2n) is 5.79. The highest BCUT2D eigenvalue weighted by Crippen LogP contribution is 2.45. The van der Waals surface area contributed by atoms with E-state index < -0.39 is 23.1 Å². The number of rotatable bonds is 9. The summed E-state index contributed by atoms with van der Waals surface area (Å²) in [6, 6.07) is 0. The first-order chi connectivity index (χ1) is 8.78. The first kappa shape index (κ1) is 16.4. The lowest BCUT2D eigenvalue weighted by molar-refractivity contribution is -0.136. The van der Waals surface area contributed by atoms with Crippen LogP contribution in [0.25, 0.3) is 0 Å². The molecule has 0 aromatic heterocycles. The van der Waals surface area contributed by atoms with Crippen molar-refractivity contribution in [2.75, 3.05) is 13.2 Å². The van der Waals surface area contributed by atoms with Crippen LogP contribution in [0.15, 0.2) is 0 Å². The maximum Gasteiger partial charge on any atom is 0.304 e. The predicted octanol–water partition coefficient (Wildman–Crippen LogP) is 0.325. The van der Waals surface area contributed by atoms with Crippen molar-refractivity contribution in [1.29, 1.82) is 0 Å². The summed E-state index contributed by atoms with van der Waals surface area (Å²) in [7, 11) is 0. The van der Waals surface area contributed by atoms with E-state index in [2.05, 4.69) is 5.32 Å². The summed E-state index contributed by atoms with van der Waals surface area (Å²) in [5.41, 5.74) is -1.78. The monoisotopic (exact) mass is 275 g/mol. The molecule has 0 aromatic rings. The number of carbonyl (C=O) groups is 1. The molecule has 0 aliphatic carbocycles. The Labute approximate surface area is 113 Å². The van der Waals surface area contributed by atoms with Crippen LogP contribution < -0.4 is 5.32 Å². The molecular formula is C13H25NO5. The maximum atomic E-state index is 10.8. The van der Waals surface area contributed by atoms with E-state index in [1.807, 2.05) is 6.92 Å². The molecule has 0 saturated carbocycles. The second kappa shape index (κ2) is 6.17. The Morgan fingerprint density at radius 3 is 2.53 bits per heavy atom. The number of epoxide rings is 1. The third-order valence-corrected chi connectivity index (χ3v) is 3.85. The molecule has 6 nitrogen and oxygen atoms in total. The van der Waals surface area contributed by atoms with Crippen LogP contribution in [0.1, 0.15) is 40.0 Å². The number of carboxylic acid groups (broad SMARTS) is 1. The van der Waals surface area contributed by atoms with Crippen LogP contribution in [0.4, 0.5) is 0 Å². The molecule has 6 heteroatoms. The largest absolute Gasteiger partial charge is 0.481 e. The molecule has 112 valence electrons. The van der Waals surface area contributed by atoms with Gasteiger partial charge in [-0.15, -0.1) is 0 Å². The average Bonchev–Trinajstić information content (AvgIpc) is 3.08. The Hall–Kier alpha value is -0.690. The summed E-state index contributed by atoms with van der Waals surface area (Å²) in [5.74, 6) is -0.871. The Bertz CT molecular complexity index is 320. The van der Waals surface area contributed by atoms with Gasteiger partial charge >= 0.3 is 5.97 Å². The molecular weight excluding hydrogens is 250 g/mol. The summed E-state index contributed by atoms with van der Waals surface area (Å²) < 4.78 is 5.44. The van der Waals surface area contributed by atoms with Gasteiger partial charge in [0.1, 0.15) is 17.9 Å². The molecule has 1 saturated heterocycles. The fourth-order valence-electron chi connectivity index (χ4n) is 2.34. The molecule has 0 radical (unpaired) electrons. The Morgan fingerprint density at radius 1 is 1.42 bits per heavy atom. The summed E-state index contributed by atoms with van der Waals surface area (Å²) >= 11 is 0. The number of hydrogen-bond donors (Lipinski definition) is 4. The number of aliphatic hydroxyl groups excluding tert-OH is 1. The molecule has 1 fully saturated rings. The smallest absolute Gasteiger partial charge is 0.304 e. The van der Waals surface area contributed by atoms with E-state index in [0.29, 0.717) is 13.0 Å². The quantitative estimate of drug-likeness (QED) is 0.452. The van der Waals surface area contributed by atoms with Crippen molar-refractivity contribution in [3.63, 3.8) is 0 Å². The summed E-state index contributed by atoms with van der Waals surface area (Å²) in [5, 5.41) is 31.8. The molecule has 19 heavy (non-hydrogen) atoms. The van der Waals surface area contributed by atoms with Crippen molar-refractivity contribution < 1.29 is 24.9 Å². The van der Waals surface area contributed by atoms with Gasteiger partial charge in [0, 0.05) is 12.0 Å². The van der Waals surface area contributed by atoms with Crippen LogP contribution >= 0.6 is 0 Å². The number of nitrogens with one attached hydrogen (secondary N) is 1. The lowest BCUT2D eigenvalue weighted by atomic mass is 9.70. The highest BCUT2D eigenvalue weighted by Gasteiger charge is 2.59. The molecule has 1 aliphatic heterocycles. The Balaban J connectivity index is 2.58. The van der Waals surface area contributed by atoms with Crippen molar-refractivity contribution in [2.45, 2.75) is 58.0 Å². The van der Waals surface area contributed by atoms with Crippen LogP contribution in [-0.4, -0.2) is 52.4 Å².